The van der Waals surface area contributed by atoms with Gasteiger partial charge >= 0.3 is 0 Å². The van der Waals surface area contributed by atoms with Gasteiger partial charge in [-0.15, -0.1) is 0 Å². The highest BCUT2D eigenvalue weighted by Crippen LogP contribution is 2.21. The molecular weight excluding hydrogens is 438 g/mol. The van der Waals surface area contributed by atoms with E-state index in [-0.39, 0.29) is 37.4 Å². The van der Waals surface area contributed by atoms with Crippen LogP contribution < -0.4 is 5.32 Å². The van der Waals surface area contributed by atoms with E-state index in [1.165, 1.54) is 9.71 Å². The first kappa shape index (κ1) is 24.7. The SMILES string of the molecule is CCN(Cc1ccccc1)C(=O)CNC(=O)C1CCN(S(=O)(=O)/C=C/c2ccccc2)CC1. The van der Waals surface area contributed by atoms with Crippen LogP contribution in [0.5, 0.6) is 0 Å². The highest BCUT2D eigenvalue weighted by Gasteiger charge is 2.30. The molecule has 1 saturated heterocycles. The van der Waals surface area contributed by atoms with Crippen molar-refractivity contribution in [3.63, 3.8) is 0 Å². The number of nitrogens with zero attached hydrogens (tertiary/aromatic N) is 2. The summed E-state index contributed by atoms with van der Waals surface area (Å²) in [4.78, 5) is 26.8. The van der Waals surface area contributed by atoms with Gasteiger partial charge in [0.15, 0.2) is 0 Å². The second-order valence-electron chi connectivity index (χ2n) is 8.04. The van der Waals surface area contributed by atoms with Crippen molar-refractivity contribution in [2.45, 2.75) is 26.3 Å². The van der Waals surface area contributed by atoms with Crippen LogP contribution in [0.4, 0.5) is 0 Å². The van der Waals surface area contributed by atoms with Crippen LogP contribution in [0, 0.1) is 5.92 Å². The maximum Gasteiger partial charge on any atom is 0.242 e. The summed E-state index contributed by atoms with van der Waals surface area (Å²) in [5, 5.41) is 3.96. The largest absolute Gasteiger partial charge is 0.347 e. The Morgan fingerprint density at radius 2 is 1.64 bits per heavy atom. The Kier molecular flexibility index (Phi) is 8.79. The molecule has 33 heavy (non-hydrogen) atoms. The Morgan fingerprint density at radius 3 is 2.24 bits per heavy atom. The van der Waals surface area contributed by atoms with Crippen LogP contribution in [0.25, 0.3) is 6.08 Å². The molecule has 0 spiro atoms. The molecule has 0 aliphatic carbocycles. The molecular formula is C25H31N3O4S. The average Bonchev–Trinajstić information content (AvgIpc) is 2.85. The molecule has 0 bridgehead atoms. The van der Waals surface area contributed by atoms with Crippen LogP contribution in [-0.4, -0.2) is 55.6 Å². The van der Waals surface area contributed by atoms with Gasteiger partial charge in [-0.05, 0) is 37.0 Å². The van der Waals surface area contributed by atoms with E-state index in [0.717, 1.165) is 11.1 Å². The first-order chi connectivity index (χ1) is 15.9. The van der Waals surface area contributed by atoms with Crippen molar-refractivity contribution in [2.75, 3.05) is 26.2 Å². The third-order valence-corrected chi connectivity index (χ3v) is 7.35. The highest BCUT2D eigenvalue weighted by molar-refractivity contribution is 7.92. The molecule has 0 aromatic heterocycles. The summed E-state index contributed by atoms with van der Waals surface area (Å²) in [5.74, 6) is -0.636. The maximum atomic E-state index is 12.6. The Labute approximate surface area is 196 Å². The quantitative estimate of drug-likeness (QED) is 0.612. The van der Waals surface area contributed by atoms with Crippen LogP contribution in [0.3, 0.4) is 0 Å². The zero-order valence-corrected chi connectivity index (χ0v) is 19.7. The standard InChI is InChI=1S/C25H31N3O4S/c1-2-27(20-22-11-7-4-8-12-22)24(29)19-26-25(30)23-13-16-28(17-14-23)33(31,32)18-15-21-9-5-3-6-10-21/h3-12,15,18,23H,2,13-14,16-17,19-20H2,1H3,(H,26,30)/b18-15+. The van der Waals surface area contributed by atoms with Gasteiger partial charge < -0.3 is 10.2 Å². The minimum atomic E-state index is -3.54. The molecule has 1 N–H and O–H groups in total. The number of sulfonamides is 1. The van der Waals surface area contributed by atoms with Crippen molar-refractivity contribution in [2.24, 2.45) is 5.92 Å². The molecule has 0 radical (unpaired) electrons. The number of likely N-dealkylation sites (N-methyl/N-ethyl adjacent to an activating group) is 1. The topological polar surface area (TPSA) is 86.8 Å². The Bertz CT molecular complexity index is 1050. The predicted molar refractivity (Wildman–Crippen MR) is 129 cm³/mol. The van der Waals surface area contributed by atoms with Gasteiger partial charge in [-0.1, -0.05) is 60.7 Å². The van der Waals surface area contributed by atoms with E-state index < -0.39 is 10.0 Å². The Hall–Kier alpha value is -2.97. The average molecular weight is 470 g/mol. The monoisotopic (exact) mass is 469 g/mol. The van der Waals surface area contributed by atoms with Crippen molar-refractivity contribution >= 4 is 27.9 Å². The van der Waals surface area contributed by atoms with Crippen molar-refractivity contribution < 1.29 is 18.0 Å². The zero-order valence-electron chi connectivity index (χ0n) is 18.9. The van der Waals surface area contributed by atoms with Crippen molar-refractivity contribution in [3.8, 4) is 0 Å². The molecule has 2 aromatic carbocycles. The summed E-state index contributed by atoms with van der Waals surface area (Å²) in [7, 11) is -3.54. The molecule has 8 heteroatoms. The molecule has 176 valence electrons. The van der Waals surface area contributed by atoms with E-state index in [1.807, 2.05) is 67.6 Å². The Balaban J connectivity index is 1.46. The van der Waals surface area contributed by atoms with Crippen LogP contribution in [0.15, 0.2) is 66.1 Å². The first-order valence-electron chi connectivity index (χ1n) is 11.2. The lowest BCUT2D eigenvalue weighted by molar-refractivity contribution is -0.134. The van der Waals surface area contributed by atoms with Gasteiger partial charge in [0, 0.05) is 37.5 Å². The fraction of sp³-hybridized carbons (Fsp3) is 0.360. The van der Waals surface area contributed by atoms with Gasteiger partial charge in [-0.25, -0.2) is 8.42 Å². The van der Waals surface area contributed by atoms with Gasteiger partial charge in [0.25, 0.3) is 0 Å². The van der Waals surface area contributed by atoms with Crippen molar-refractivity contribution in [1.29, 1.82) is 0 Å². The third-order valence-electron chi connectivity index (χ3n) is 5.78. The number of benzene rings is 2. The smallest absolute Gasteiger partial charge is 0.242 e. The van der Waals surface area contributed by atoms with Crippen LogP contribution >= 0.6 is 0 Å². The fourth-order valence-electron chi connectivity index (χ4n) is 3.79. The normalized spacial score (nSPS) is 15.4. The lowest BCUT2D eigenvalue weighted by Gasteiger charge is -2.29. The molecule has 0 saturated carbocycles. The van der Waals surface area contributed by atoms with Crippen molar-refractivity contribution in [1.82, 2.24) is 14.5 Å². The number of hydrogen-bond donors (Lipinski definition) is 1. The zero-order chi connectivity index (χ0) is 23.7. The second kappa shape index (κ2) is 11.8. The van der Waals surface area contributed by atoms with E-state index in [9.17, 15) is 18.0 Å². The molecule has 1 heterocycles. The summed E-state index contributed by atoms with van der Waals surface area (Å²) in [5.41, 5.74) is 1.85. The molecule has 7 nitrogen and oxygen atoms in total. The van der Waals surface area contributed by atoms with Gasteiger partial charge in [-0.3, -0.25) is 9.59 Å². The van der Waals surface area contributed by atoms with Crippen LogP contribution in [-0.2, 0) is 26.2 Å². The molecule has 0 atom stereocenters. The van der Waals surface area contributed by atoms with Gasteiger partial charge in [0.1, 0.15) is 0 Å². The number of piperidine rings is 1. The lowest BCUT2D eigenvalue weighted by Crippen LogP contribution is -2.45. The molecule has 0 unspecified atom stereocenters. The van der Waals surface area contributed by atoms with Gasteiger partial charge in [0.2, 0.25) is 21.8 Å². The van der Waals surface area contributed by atoms with Crippen LogP contribution in [0.2, 0.25) is 0 Å². The molecule has 1 fully saturated rings. The first-order valence-corrected chi connectivity index (χ1v) is 12.7. The fourth-order valence-corrected chi connectivity index (χ4v) is 5.01. The van der Waals surface area contributed by atoms with E-state index in [1.54, 1.807) is 11.0 Å². The Morgan fingerprint density at radius 1 is 1.03 bits per heavy atom. The third kappa shape index (κ3) is 7.27. The second-order valence-corrected chi connectivity index (χ2v) is 9.86. The van der Waals surface area contributed by atoms with Gasteiger partial charge in [0.05, 0.1) is 6.54 Å². The maximum absolute atomic E-state index is 12.6. The molecule has 3 rings (SSSR count). The molecule has 1 aliphatic heterocycles. The molecule has 2 amide bonds. The predicted octanol–water partition coefficient (Wildman–Crippen LogP) is 2.86. The number of amides is 2. The van der Waals surface area contributed by atoms with Crippen LogP contribution in [0.1, 0.15) is 30.9 Å². The summed E-state index contributed by atoms with van der Waals surface area (Å²) >= 11 is 0. The van der Waals surface area contributed by atoms with E-state index in [0.29, 0.717) is 25.9 Å². The van der Waals surface area contributed by atoms with E-state index in [4.69, 9.17) is 0 Å². The number of carbonyl (C=O) groups excluding carboxylic acids is 2. The van der Waals surface area contributed by atoms with Gasteiger partial charge in [-0.2, -0.15) is 4.31 Å². The summed E-state index contributed by atoms with van der Waals surface area (Å²) in [6.45, 7) is 3.46. The number of rotatable bonds is 9. The van der Waals surface area contributed by atoms with E-state index in [2.05, 4.69) is 5.32 Å². The minimum Gasteiger partial charge on any atom is -0.347 e. The highest BCUT2D eigenvalue weighted by atomic mass is 32.2. The van der Waals surface area contributed by atoms with Crippen molar-refractivity contribution in [3.05, 3.63) is 77.2 Å². The summed E-state index contributed by atoms with van der Waals surface area (Å²) in [6.07, 6.45) is 2.44. The lowest BCUT2D eigenvalue weighted by atomic mass is 9.97. The summed E-state index contributed by atoms with van der Waals surface area (Å²) < 4.78 is 26.6. The minimum absolute atomic E-state index is 0.0577. The number of hydrogen-bond acceptors (Lipinski definition) is 4. The number of carbonyl (C=O) groups is 2. The van der Waals surface area contributed by atoms with E-state index >= 15 is 0 Å². The number of nitrogens with one attached hydrogen (secondary N) is 1. The summed E-state index contributed by atoms with van der Waals surface area (Å²) in [6, 6.07) is 19.0. The molecule has 1 aliphatic rings. The molecule has 2 aromatic rings.